The van der Waals surface area contributed by atoms with Gasteiger partial charge in [0.25, 0.3) is 0 Å². The number of nitrogens with one attached hydrogen (secondary N) is 1. The molecule has 38 heavy (non-hydrogen) atoms. The lowest BCUT2D eigenvalue weighted by Gasteiger charge is -2.31. The van der Waals surface area contributed by atoms with E-state index in [1.54, 1.807) is 36.2 Å². The van der Waals surface area contributed by atoms with Crippen molar-refractivity contribution in [2.24, 2.45) is 0 Å². The van der Waals surface area contributed by atoms with Crippen molar-refractivity contribution in [3.63, 3.8) is 0 Å². The number of para-hydroxylation sites is 2. The molecule has 0 fully saturated rings. The van der Waals surface area contributed by atoms with Crippen LogP contribution in [0.2, 0.25) is 0 Å². The van der Waals surface area contributed by atoms with Crippen molar-refractivity contribution in [2.45, 2.75) is 31.8 Å². The van der Waals surface area contributed by atoms with Gasteiger partial charge in [0.1, 0.15) is 11.8 Å². The maximum atomic E-state index is 13.6. The Morgan fingerprint density at radius 3 is 2.05 bits per heavy atom. The fraction of sp³-hybridized carbons (Fsp3) is 0.310. The smallest absolute Gasteiger partial charge is 0.242 e. The fourth-order valence-electron chi connectivity index (χ4n) is 4.32. The number of carbonyl (C=O) groups excluding carboxylic acids is 2. The summed E-state index contributed by atoms with van der Waals surface area (Å²) in [5.74, 6) is -0.0609. The Kier molecular flexibility index (Phi) is 10.3. The van der Waals surface area contributed by atoms with E-state index in [2.05, 4.69) is 5.32 Å². The van der Waals surface area contributed by atoms with Crippen molar-refractivity contribution < 1.29 is 22.7 Å². The molecule has 0 saturated carbocycles. The molecule has 0 saturated heterocycles. The summed E-state index contributed by atoms with van der Waals surface area (Å²) >= 11 is 0. The number of ether oxygens (including phenoxy) is 1. The van der Waals surface area contributed by atoms with Crippen molar-refractivity contribution in [1.29, 1.82) is 0 Å². The lowest BCUT2D eigenvalue weighted by Crippen LogP contribution is -2.49. The van der Waals surface area contributed by atoms with E-state index in [1.807, 2.05) is 60.7 Å². The molecule has 3 aromatic rings. The number of hydrogen-bond acceptors (Lipinski definition) is 5. The molecule has 0 bridgehead atoms. The van der Waals surface area contributed by atoms with Crippen LogP contribution in [0.1, 0.15) is 24.0 Å². The van der Waals surface area contributed by atoms with Crippen molar-refractivity contribution in [3.8, 4) is 5.75 Å². The Morgan fingerprint density at radius 2 is 1.47 bits per heavy atom. The summed E-state index contributed by atoms with van der Waals surface area (Å²) in [5, 5.41) is 2.70. The molecule has 3 aromatic carbocycles. The zero-order chi connectivity index (χ0) is 27.5. The molecule has 9 heteroatoms. The molecular formula is C29H35N3O5S. The van der Waals surface area contributed by atoms with E-state index in [9.17, 15) is 18.0 Å². The number of likely N-dealkylation sites (N-methyl/N-ethyl adjacent to an activating group) is 1. The molecule has 0 aliphatic heterocycles. The Bertz CT molecular complexity index is 1300. The minimum atomic E-state index is -3.63. The highest BCUT2D eigenvalue weighted by Crippen LogP contribution is 2.30. The molecule has 0 heterocycles. The SMILES string of the molecule is CNC(=O)[C@H](Cc1ccccc1)N(Cc1ccccc1)C(=O)CCCN(c1ccccc1OC)S(C)(=O)=O. The second-order valence-electron chi connectivity index (χ2n) is 8.94. The van der Waals surface area contributed by atoms with Gasteiger partial charge in [0.15, 0.2) is 0 Å². The molecule has 3 rings (SSSR count). The van der Waals surface area contributed by atoms with Crippen LogP contribution in [0, 0.1) is 0 Å². The first-order valence-corrected chi connectivity index (χ1v) is 14.3. The normalized spacial score (nSPS) is 11.9. The van der Waals surface area contributed by atoms with Crippen LogP contribution in [0.15, 0.2) is 84.9 Å². The van der Waals surface area contributed by atoms with Gasteiger partial charge in [-0.05, 0) is 29.7 Å². The fourth-order valence-corrected chi connectivity index (χ4v) is 5.29. The van der Waals surface area contributed by atoms with E-state index < -0.39 is 16.1 Å². The van der Waals surface area contributed by atoms with Crippen LogP contribution in [0.3, 0.4) is 0 Å². The average Bonchev–Trinajstić information content (AvgIpc) is 2.93. The lowest BCUT2D eigenvalue weighted by molar-refractivity contribution is -0.141. The van der Waals surface area contributed by atoms with Gasteiger partial charge >= 0.3 is 0 Å². The van der Waals surface area contributed by atoms with Crippen LogP contribution in [0.4, 0.5) is 5.69 Å². The van der Waals surface area contributed by atoms with E-state index in [0.717, 1.165) is 17.4 Å². The molecule has 202 valence electrons. The number of rotatable bonds is 13. The quantitative estimate of drug-likeness (QED) is 0.359. The van der Waals surface area contributed by atoms with Crippen molar-refractivity contribution in [1.82, 2.24) is 10.2 Å². The molecule has 8 nitrogen and oxygen atoms in total. The van der Waals surface area contributed by atoms with Crippen LogP contribution < -0.4 is 14.4 Å². The van der Waals surface area contributed by atoms with E-state index in [-0.39, 0.29) is 37.7 Å². The zero-order valence-electron chi connectivity index (χ0n) is 22.0. The highest BCUT2D eigenvalue weighted by atomic mass is 32.2. The minimum absolute atomic E-state index is 0.0658. The lowest BCUT2D eigenvalue weighted by atomic mass is 10.0. The van der Waals surface area contributed by atoms with Gasteiger partial charge in [-0.3, -0.25) is 13.9 Å². The Hall–Kier alpha value is -3.85. The molecule has 0 aliphatic carbocycles. The van der Waals surface area contributed by atoms with Gasteiger partial charge in [0.2, 0.25) is 21.8 Å². The van der Waals surface area contributed by atoms with Crippen LogP contribution in [0.25, 0.3) is 0 Å². The topological polar surface area (TPSA) is 96.0 Å². The molecular weight excluding hydrogens is 502 g/mol. The first-order valence-electron chi connectivity index (χ1n) is 12.4. The second kappa shape index (κ2) is 13.6. The Morgan fingerprint density at radius 1 is 0.895 bits per heavy atom. The predicted molar refractivity (Wildman–Crippen MR) is 149 cm³/mol. The number of methoxy groups -OCH3 is 1. The van der Waals surface area contributed by atoms with Crippen LogP contribution in [-0.2, 0) is 32.6 Å². The molecule has 0 unspecified atom stereocenters. The third kappa shape index (κ3) is 7.82. The van der Waals surface area contributed by atoms with Gasteiger partial charge in [0, 0.05) is 33.0 Å². The van der Waals surface area contributed by atoms with Crippen LogP contribution in [0.5, 0.6) is 5.75 Å². The van der Waals surface area contributed by atoms with E-state index >= 15 is 0 Å². The van der Waals surface area contributed by atoms with E-state index in [0.29, 0.717) is 17.9 Å². The monoisotopic (exact) mass is 537 g/mol. The van der Waals surface area contributed by atoms with Gasteiger partial charge in [0.05, 0.1) is 19.1 Å². The summed E-state index contributed by atoms with van der Waals surface area (Å²) in [7, 11) is -0.587. The molecule has 0 radical (unpaired) electrons. The summed E-state index contributed by atoms with van der Waals surface area (Å²) in [6.07, 6.45) is 1.82. The number of amides is 2. The van der Waals surface area contributed by atoms with Gasteiger partial charge in [-0.15, -0.1) is 0 Å². The molecule has 1 N–H and O–H groups in total. The van der Waals surface area contributed by atoms with Gasteiger partial charge < -0.3 is 15.0 Å². The number of nitrogens with zero attached hydrogens (tertiary/aromatic N) is 2. The first-order chi connectivity index (χ1) is 18.2. The van der Waals surface area contributed by atoms with Gasteiger partial charge in [-0.1, -0.05) is 72.8 Å². The standard InChI is InChI=1S/C29H35N3O5S/c1-30-29(34)26(21-23-13-6-4-7-14-23)31(22-24-15-8-5-9-16-24)28(33)19-12-20-32(38(3,35)36)25-17-10-11-18-27(25)37-2/h4-11,13-18,26H,12,19-22H2,1-3H3,(H,30,34)/t26-/m0/s1. The number of carbonyl (C=O) groups is 2. The largest absolute Gasteiger partial charge is 0.495 e. The third-order valence-corrected chi connectivity index (χ3v) is 7.40. The van der Waals surface area contributed by atoms with Gasteiger partial charge in [-0.2, -0.15) is 0 Å². The Balaban J connectivity index is 1.84. The van der Waals surface area contributed by atoms with E-state index in [4.69, 9.17) is 4.74 Å². The summed E-state index contributed by atoms with van der Waals surface area (Å²) < 4.78 is 31.8. The average molecular weight is 538 g/mol. The number of sulfonamides is 1. The summed E-state index contributed by atoms with van der Waals surface area (Å²) in [6.45, 7) is 0.348. The minimum Gasteiger partial charge on any atom is -0.495 e. The zero-order valence-corrected chi connectivity index (χ0v) is 22.9. The second-order valence-corrected chi connectivity index (χ2v) is 10.8. The van der Waals surface area contributed by atoms with Gasteiger partial charge in [-0.25, -0.2) is 8.42 Å². The first kappa shape index (κ1) is 28.7. The number of benzene rings is 3. The van der Waals surface area contributed by atoms with E-state index in [1.165, 1.54) is 11.4 Å². The third-order valence-electron chi connectivity index (χ3n) is 6.22. The maximum absolute atomic E-state index is 13.6. The number of hydrogen-bond donors (Lipinski definition) is 1. The summed E-state index contributed by atoms with van der Waals surface area (Å²) in [4.78, 5) is 28.3. The summed E-state index contributed by atoms with van der Waals surface area (Å²) in [6, 6.07) is 25.2. The van der Waals surface area contributed by atoms with Crippen molar-refractivity contribution in [2.75, 3.05) is 31.3 Å². The highest BCUT2D eigenvalue weighted by molar-refractivity contribution is 7.92. The maximum Gasteiger partial charge on any atom is 0.242 e. The molecule has 0 aromatic heterocycles. The Labute approximate surface area is 225 Å². The predicted octanol–water partition coefficient (Wildman–Crippen LogP) is 3.63. The molecule has 0 aliphatic rings. The number of anilines is 1. The highest BCUT2D eigenvalue weighted by Gasteiger charge is 2.30. The molecule has 1 atom stereocenters. The summed E-state index contributed by atoms with van der Waals surface area (Å²) in [5.41, 5.74) is 2.25. The molecule has 2 amide bonds. The van der Waals surface area contributed by atoms with Crippen molar-refractivity contribution in [3.05, 3.63) is 96.1 Å². The molecule has 0 spiro atoms. The van der Waals surface area contributed by atoms with Crippen LogP contribution >= 0.6 is 0 Å². The van der Waals surface area contributed by atoms with Crippen LogP contribution in [-0.4, -0.2) is 58.1 Å². The van der Waals surface area contributed by atoms with Crippen molar-refractivity contribution >= 4 is 27.5 Å².